The average Bonchev–Trinajstić information content (AvgIpc) is 2.38. The molecule has 1 aliphatic rings. The molecule has 0 radical (unpaired) electrons. The average molecular weight is 305 g/mol. The summed E-state index contributed by atoms with van der Waals surface area (Å²) in [6.45, 7) is 0.947. The highest BCUT2D eigenvalue weighted by atomic mass is 35.5. The van der Waals surface area contributed by atoms with Gasteiger partial charge in [0.25, 0.3) is 16.1 Å². The number of nitrogens with two attached hydrogens (primary N) is 1. The number of nitrogens with zero attached hydrogens (tertiary/aromatic N) is 3. The van der Waals surface area contributed by atoms with Gasteiger partial charge in [0, 0.05) is 38.6 Å². The summed E-state index contributed by atoms with van der Waals surface area (Å²) in [6, 6.07) is 1.54. The van der Waals surface area contributed by atoms with E-state index in [9.17, 15) is 13.2 Å². The number of pyridine rings is 1. The van der Waals surface area contributed by atoms with Crippen LogP contribution in [0, 0.1) is 0 Å². The molecule has 2 rings (SSSR count). The van der Waals surface area contributed by atoms with Gasteiger partial charge in [-0.05, 0) is 6.07 Å². The fourth-order valence-corrected chi connectivity index (χ4v) is 2.74. The van der Waals surface area contributed by atoms with E-state index >= 15 is 0 Å². The molecular weight excluding hydrogens is 292 g/mol. The lowest BCUT2D eigenvalue weighted by Gasteiger charge is -2.33. The molecule has 19 heavy (non-hydrogen) atoms. The zero-order chi connectivity index (χ0) is 14.0. The third-order valence-corrected chi connectivity index (χ3v) is 4.27. The molecule has 0 aromatic carbocycles. The lowest BCUT2D eigenvalue weighted by Crippen LogP contribution is -2.52. The summed E-state index contributed by atoms with van der Waals surface area (Å²) in [5.74, 6) is -0.235. The van der Waals surface area contributed by atoms with Gasteiger partial charge in [-0.15, -0.1) is 0 Å². The zero-order valence-corrected chi connectivity index (χ0v) is 11.6. The van der Waals surface area contributed by atoms with Gasteiger partial charge < -0.3 is 4.90 Å². The molecule has 1 saturated heterocycles. The first kappa shape index (κ1) is 14.2. The Hall–Kier alpha value is -1.22. The highest BCUT2D eigenvalue weighted by Crippen LogP contribution is 2.17. The van der Waals surface area contributed by atoms with Gasteiger partial charge in [-0.25, -0.2) is 5.14 Å². The van der Waals surface area contributed by atoms with Gasteiger partial charge in [0.15, 0.2) is 0 Å². The van der Waals surface area contributed by atoms with Crippen LogP contribution >= 0.6 is 11.6 Å². The largest absolute Gasteiger partial charge is 0.336 e. The SMILES string of the molecule is NS(=O)(=O)N1CCN(C(=O)c2ccncc2Cl)CC1. The van der Waals surface area contributed by atoms with Crippen LogP contribution in [0.3, 0.4) is 0 Å². The fraction of sp³-hybridized carbons (Fsp3) is 0.400. The Balaban J connectivity index is 2.07. The van der Waals surface area contributed by atoms with Crippen molar-refractivity contribution in [3.63, 3.8) is 0 Å². The van der Waals surface area contributed by atoms with E-state index < -0.39 is 10.2 Å². The fourth-order valence-electron chi connectivity index (χ4n) is 1.86. The van der Waals surface area contributed by atoms with Crippen LogP contribution < -0.4 is 5.14 Å². The maximum absolute atomic E-state index is 12.2. The monoisotopic (exact) mass is 304 g/mol. The van der Waals surface area contributed by atoms with Crippen LogP contribution in [0.2, 0.25) is 5.02 Å². The van der Waals surface area contributed by atoms with E-state index in [-0.39, 0.29) is 37.1 Å². The van der Waals surface area contributed by atoms with Gasteiger partial charge in [-0.1, -0.05) is 11.6 Å². The zero-order valence-electron chi connectivity index (χ0n) is 9.99. The van der Waals surface area contributed by atoms with Crippen molar-refractivity contribution in [3.05, 3.63) is 29.0 Å². The number of halogens is 1. The second-order valence-electron chi connectivity index (χ2n) is 4.09. The van der Waals surface area contributed by atoms with Crippen molar-refractivity contribution in [1.29, 1.82) is 0 Å². The minimum atomic E-state index is -3.69. The first-order chi connectivity index (χ1) is 8.89. The van der Waals surface area contributed by atoms with Gasteiger partial charge >= 0.3 is 0 Å². The maximum Gasteiger partial charge on any atom is 0.277 e. The molecule has 1 aromatic rings. The van der Waals surface area contributed by atoms with Gasteiger partial charge in [0.05, 0.1) is 10.6 Å². The number of amides is 1. The van der Waals surface area contributed by atoms with Gasteiger partial charge in [0.2, 0.25) is 0 Å². The summed E-state index contributed by atoms with van der Waals surface area (Å²) in [6.07, 6.45) is 2.88. The van der Waals surface area contributed by atoms with Crippen LogP contribution in [0.1, 0.15) is 10.4 Å². The standard InChI is InChI=1S/C10H13ClN4O3S/c11-9-7-13-2-1-8(9)10(16)14-3-5-15(6-4-14)19(12,17)18/h1-2,7H,3-6H2,(H2,12,17,18). The van der Waals surface area contributed by atoms with Crippen molar-refractivity contribution in [1.82, 2.24) is 14.2 Å². The van der Waals surface area contributed by atoms with E-state index in [1.807, 2.05) is 0 Å². The van der Waals surface area contributed by atoms with Crippen LogP contribution in [-0.2, 0) is 10.2 Å². The minimum absolute atomic E-state index is 0.188. The topological polar surface area (TPSA) is 96.6 Å². The van der Waals surface area contributed by atoms with Crippen LogP contribution in [0.15, 0.2) is 18.5 Å². The molecule has 9 heteroatoms. The smallest absolute Gasteiger partial charge is 0.277 e. The van der Waals surface area contributed by atoms with E-state index in [2.05, 4.69) is 4.98 Å². The summed E-state index contributed by atoms with van der Waals surface area (Å²) in [4.78, 5) is 17.5. The van der Waals surface area contributed by atoms with E-state index in [4.69, 9.17) is 16.7 Å². The quantitative estimate of drug-likeness (QED) is 0.811. The first-order valence-electron chi connectivity index (χ1n) is 5.56. The molecule has 104 valence electrons. The Morgan fingerprint density at radius 2 is 1.95 bits per heavy atom. The summed E-state index contributed by atoms with van der Waals surface area (Å²) in [5.41, 5.74) is 0.362. The van der Waals surface area contributed by atoms with Crippen LogP contribution in [0.25, 0.3) is 0 Å². The van der Waals surface area contributed by atoms with E-state index in [0.717, 1.165) is 4.31 Å². The van der Waals surface area contributed by atoms with Crippen molar-refractivity contribution in [2.24, 2.45) is 5.14 Å². The molecule has 2 N–H and O–H groups in total. The van der Waals surface area contributed by atoms with Crippen LogP contribution in [0.4, 0.5) is 0 Å². The van der Waals surface area contributed by atoms with Crippen molar-refractivity contribution in [3.8, 4) is 0 Å². The molecule has 2 heterocycles. The predicted octanol–water partition coefficient (Wildman–Crippen LogP) is -0.304. The summed E-state index contributed by atoms with van der Waals surface area (Å²) >= 11 is 5.90. The van der Waals surface area contributed by atoms with Crippen molar-refractivity contribution >= 4 is 27.7 Å². The van der Waals surface area contributed by atoms with Crippen molar-refractivity contribution in [2.75, 3.05) is 26.2 Å². The maximum atomic E-state index is 12.2. The van der Waals surface area contributed by atoms with Crippen molar-refractivity contribution < 1.29 is 13.2 Å². The number of hydrogen-bond acceptors (Lipinski definition) is 4. The summed E-state index contributed by atoms with van der Waals surface area (Å²) in [7, 11) is -3.69. The second-order valence-corrected chi connectivity index (χ2v) is 6.05. The number of carbonyl (C=O) groups excluding carboxylic acids is 1. The van der Waals surface area contributed by atoms with Gasteiger partial charge in [0.1, 0.15) is 0 Å². The molecule has 1 fully saturated rings. The molecule has 1 amide bonds. The van der Waals surface area contributed by atoms with E-state index in [1.54, 1.807) is 4.90 Å². The molecule has 0 atom stereocenters. The Labute approximate surface area is 116 Å². The Bertz CT molecular complexity index is 584. The molecule has 1 aliphatic heterocycles. The van der Waals surface area contributed by atoms with Gasteiger partial charge in [-0.3, -0.25) is 9.78 Å². The van der Waals surface area contributed by atoms with Crippen LogP contribution in [-0.4, -0.2) is 54.7 Å². The third-order valence-electron chi connectivity index (χ3n) is 2.89. The first-order valence-corrected chi connectivity index (χ1v) is 7.44. The molecule has 1 aromatic heterocycles. The van der Waals surface area contributed by atoms with Gasteiger partial charge in [-0.2, -0.15) is 12.7 Å². The summed E-state index contributed by atoms with van der Waals surface area (Å²) < 4.78 is 23.5. The molecule has 0 aliphatic carbocycles. The Kier molecular flexibility index (Phi) is 4.04. The molecule has 7 nitrogen and oxygen atoms in total. The molecular formula is C10H13ClN4O3S. The van der Waals surface area contributed by atoms with E-state index in [1.165, 1.54) is 18.5 Å². The number of aromatic nitrogens is 1. The lowest BCUT2D eigenvalue weighted by atomic mass is 10.2. The Morgan fingerprint density at radius 1 is 1.32 bits per heavy atom. The van der Waals surface area contributed by atoms with Crippen LogP contribution in [0.5, 0.6) is 0 Å². The second kappa shape index (κ2) is 5.41. The van der Waals surface area contributed by atoms with E-state index in [0.29, 0.717) is 5.56 Å². The van der Waals surface area contributed by atoms with Crippen molar-refractivity contribution in [2.45, 2.75) is 0 Å². The third kappa shape index (κ3) is 3.21. The highest BCUT2D eigenvalue weighted by Gasteiger charge is 2.27. The Morgan fingerprint density at radius 3 is 2.47 bits per heavy atom. The molecule has 0 spiro atoms. The predicted molar refractivity (Wildman–Crippen MR) is 69.8 cm³/mol. The number of carbonyl (C=O) groups is 1. The summed E-state index contributed by atoms with van der Waals surface area (Å²) in [5, 5.41) is 5.31. The molecule has 0 saturated carbocycles. The number of piperazine rings is 1. The number of rotatable bonds is 2. The lowest BCUT2D eigenvalue weighted by molar-refractivity contribution is 0.0698. The molecule has 0 unspecified atom stereocenters. The minimum Gasteiger partial charge on any atom is -0.336 e. The normalized spacial score (nSPS) is 17.5. The highest BCUT2D eigenvalue weighted by molar-refractivity contribution is 7.86. The molecule has 0 bridgehead atoms. The number of hydrogen-bond donors (Lipinski definition) is 1.